The van der Waals surface area contributed by atoms with Gasteiger partial charge in [0.25, 0.3) is 0 Å². The number of nitrogens with one attached hydrogen (secondary N) is 1. The average Bonchev–Trinajstić information content (AvgIpc) is 2.93. The summed E-state index contributed by atoms with van der Waals surface area (Å²) in [5.41, 5.74) is -2.74. The van der Waals surface area contributed by atoms with Crippen LogP contribution in [0.4, 0.5) is 4.79 Å². The maximum absolute atomic E-state index is 12.7. The number of aliphatic carboxylic acids is 3. The number of nitrogens with zero attached hydrogens (tertiary/aromatic N) is 3. The number of amides is 2. The molecule has 0 spiro atoms. The minimum absolute atomic E-state index is 0. The third-order valence-corrected chi connectivity index (χ3v) is 8.19. The number of hydrogen-bond acceptors (Lipinski definition) is 9. The van der Waals surface area contributed by atoms with Crippen LogP contribution in [0, 0.1) is 0 Å². The van der Waals surface area contributed by atoms with Crippen molar-refractivity contribution in [1.29, 1.82) is 0 Å². The van der Waals surface area contributed by atoms with E-state index in [-0.39, 0.29) is 23.8 Å². The Morgan fingerprint density at radius 3 is 1.65 bits per heavy atom. The minimum Gasteiger partial charge on any atom is -0.481 e. The molecule has 0 saturated heterocycles. The molecular weight excluding hydrogens is 588 g/mol. The normalized spacial score (nSPS) is 11.2. The van der Waals surface area contributed by atoms with Gasteiger partial charge in [0.05, 0.1) is 23.5 Å². The first-order chi connectivity index (χ1) is 19.6. The quantitative estimate of drug-likeness (QED) is 0.136. The van der Waals surface area contributed by atoms with Crippen molar-refractivity contribution in [3.8, 4) is 0 Å². The van der Waals surface area contributed by atoms with E-state index in [1.165, 1.54) is 0 Å². The Bertz CT molecular complexity index is 1060. The van der Waals surface area contributed by atoms with Crippen molar-refractivity contribution in [2.24, 2.45) is 0 Å². The van der Waals surface area contributed by atoms with Gasteiger partial charge < -0.3 is 45.9 Å². The Morgan fingerprint density at radius 1 is 0.767 bits per heavy atom. The zero-order chi connectivity index (χ0) is 32.3. The Morgan fingerprint density at radius 2 is 1.23 bits per heavy atom. The first-order valence-electron chi connectivity index (χ1n) is 13.8. The number of carbonyl (C=O) groups is 4. The highest BCUT2D eigenvalue weighted by molar-refractivity contribution is 7.91. The highest BCUT2D eigenvalue weighted by Gasteiger charge is 2.40. The van der Waals surface area contributed by atoms with Gasteiger partial charge in [-0.15, -0.1) is 0 Å². The van der Waals surface area contributed by atoms with Crippen LogP contribution in [0.5, 0.6) is 0 Å². The van der Waals surface area contributed by atoms with Gasteiger partial charge in [0.2, 0.25) is 0 Å². The number of carbonyl (C=O) groups excluding carboxylic acids is 1. The van der Waals surface area contributed by atoms with Gasteiger partial charge in [0, 0.05) is 32.7 Å². The molecule has 0 aliphatic carbocycles. The van der Waals surface area contributed by atoms with E-state index in [2.05, 4.69) is 42.8 Å². The molecule has 15 nitrogen and oxygen atoms in total. The molecule has 0 aliphatic heterocycles. The first kappa shape index (κ1) is 41.8. The third kappa shape index (κ3) is 16.8. The predicted molar refractivity (Wildman–Crippen MR) is 160 cm³/mol. The number of rotatable bonds is 19. The second-order valence-corrected chi connectivity index (χ2v) is 11.5. The molecule has 0 unspecified atom stereocenters. The van der Waals surface area contributed by atoms with E-state index in [4.69, 9.17) is 20.4 Å². The van der Waals surface area contributed by atoms with Crippen molar-refractivity contribution in [1.82, 2.24) is 20.0 Å². The third-order valence-electron chi connectivity index (χ3n) is 6.48. The Kier molecular flexibility index (Phi) is 20.8. The molecular formula is C27H48N4O11S. The standard InChI is InChI=1S/C21H38N4O3S.C6H8O7.H2O/c1-5-23(6-2)15-14-22-21(26)25(17-16-24(7-3)8-4)18-19-29(27,28)20-12-10-9-11-13-20;7-3(8)1-6(13,5(11)12)2-4(9)10;/h9-13H,5-8,14-19H2,1-4H3,(H,22,26);13H,1-2H2,(H,7,8)(H,9,10)(H,11,12);1H2. The van der Waals surface area contributed by atoms with E-state index < -0.39 is 46.2 Å². The van der Waals surface area contributed by atoms with Crippen molar-refractivity contribution in [3.05, 3.63) is 30.3 Å². The van der Waals surface area contributed by atoms with Crippen LogP contribution >= 0.6 is 0 Å². The second-order valence-electron chi connectivity index (χ2n) is 9.38. The topological polar surface area (TPSA) is 237 Å². The predicted octanol–water partition coefficient (Wildman–Crippen LogP) is 0.0823. The van der Waals surface area contributed by atoms with Crippen LogP contribution in [-0.4, -0.2) is 143 Å². The fraction of sp³-hybridized carbons (Fsp3) is 0.630. The maximum atomic E-state index is 12.7. The van der Waals surface area contributed by atoms with Gasteiger partial charge in [0.1, 0.15) is 0 Å². The van der Waals surface area contributed by atoms with E-state index in [1.807, 2.05) is 0 Å². The van der Waals surface area contributed by atoms with E-state index >= 15 is 0 Å². The monoisotopic (exact) mass is 636 g/mol. The summed E-state index contributed by atoms with van der Waals surface area (Å²) in [5, 5.41) is 36.8. The number of benzene rings is 1. The molecule has 0 radical (unpaired) electrons. The lowest BCUT2D eigenvalue weighted by Gasteiger charge is -2.27. The van der Waals surface area contributed by atoms with Crippen LogP contribution in [-0.2, 0) is 24.2 Å². The smallest absolute Gasteiger partial charge is 0.336 e. The van der Waals surface area contributed by atoms with Gasteiger partial charge in [-0.05, 0) is 38.3 Å². The number of carboxylic acid groups (broad SMARTS) is 3. The summed E-state index contributed by atoms with van der Waals surface area (Å²) in [6.45, 7) is 14.8. The maximum Gasteiger partial charge on any atom is 0.336 e. The zero-order valence-corrected chi connectivity index (χ0v) is 26.2. The molecule has 248 valence electrons. The molecule has 0 atom stereocenters. The molecule has 0 heterocycles. The van der Waals surface area contributed by atoms with Crippen LogP contribution in [0.15, 0.2) is 35.2 Å². The van der Waals surface area contributed by atoms with Crippen LogP contribution < -0.4 is 5.32 Å². The van der Waals surface area contributed by atoms with Gasteiger partial charge in [-0.2, -0.15) is 0 Å². The summed E-state index contributed by atoms with van der Waals surface area (Å²) < 4.78 is 25.2. The number of carboxylic acids is 3. The number of hydrogen-bond donors (Lipinski definition) is 5. The fourth-order valence-electron chi connectivity index (χ4n) is 3.78. The van der Waals surface area contributed by atoms with E-state index in [1.54, 1.807) is 35.2 Å². The van der Waals surface area contributed by atoms with Crippen LogP contribution in [0.1, 0.15) is 40.5 Å². The van der Waals surface area contributed by atoms with Gasteiger partial charge in [-0.3, -0.25) is 9.59 Å². The van der Waals surface area contributed by atoms with E-state index in [0.717, 1.165) is 39.3 Å². The lowest BCUT2D eigenvalue weighted by molar-refractivity contribution is -0.170. The average molecular weight is 637 g/mol. The number of urea groups is 1. The molecule has 0 aliphatic rings. The first-order valence-corrected chi connectivity index (χ1v) is 15.4. The Hall–Kier alpha value is -3.31. The summed E-state index contributed by atoms with van der Waals surface area (Å²) in [6, 6.07) is 8.21. The van der Waals surface area contributed by atoms with Crippen LogP contribution in [0.2, 0.25) is 0 Å². The summed E-state index contributed by atoms with van der Waals surface area (Å²) in [4.78, 5) is 49.6. The molecule has 1 aromatic carbocycles. The van der Waals surface area contributed by atoms with Crippen molar-refractivity contribution < 1.29 is 53.5 Å². The molecule has 0 aromatic heterocycles. The highest BCUT2D eigenvalue weighted by atomic mass is 32.2. The van der Waals surface area contributed by atoms with E-state index in [0.29, 0.717) is 18.0 Å². The summed E-state index contributed by atoms with van der Waals surface area (Å²) in [6.07, 6.45) is -2.29. The highest BCUT2D eigenvalue weighted by Crippen LogP contribution is 2.15. The number of likely N-dealkylation sites (N-methyl/N-ethyl adjacent to an activating group) is 2. The molecule has 0 bridgehead atoms. The van der Waals surface area contributed by atoms with Crippen LogP contribution in [0.25, 0.3) is 0 Å². The molecule has 1 rings (SSSR count). The summed E-state index contributed by atoms with van der Waals surface area (Å²) in [7, 11) is -3.42. The molecule has 2 amide bonds. The lowest BCUT2D eigenvalue weighted by Crippen LogP contribution is -2.47. The van der Waals surface area contributed by atoms with Crippen molar-refractivity contribution in [3.63, 3.8) is 0 Å². The van der Waals surface area contributed by atoms with Gasteiger partial charge in [0.15, 0.2) is 15.4 Å². The number of sulfone groups is 1. The molecule has 0 saturated carbocycles. The zero-order valence-electron chi connectivity index (χ0n) is 25.4. The molecule has 43 heavy (non-hydrogen) atoms. The largest absolute Gasteiger partial charge is 0.481 e. The summed E-state index contributed by atoms with van der Waals surface area (Å²) in [5.74, 6) is -5.10. The SMILES string of the molecule is CCN(CC)CCNC(=O)N(CCN(CC)CC)CCS(=O)(=O)c1ccccc1.O.O=C(O)CC(O)(CC(=O)O)C(=O)O. The fourth-order valence-corrected chi connectivity index (χ4v) is 5.05. The molecule has 1 aromatic rings. The van der Waals surface area contributed by atoms with Crippen molar-refractivity contribution >= 4 is 33.8 Å². The minimum atomic E-state index is -3.42. The lowest BCUT2D eigenvalue weighted by atomic mass is 9.96. The molecule has 16 heteroatoms. The van der Waals surface area contributed by atoms with Gasteiger partial charge in [-0.1, -0.05) is 45.9 Å². The van der Waals surface area contributed by atoms with Crippen molar-refractivity contribution in [2.75, 3.05) is 64.7 Å². The van der Waals surface area contributed by atoms with Crippen LogP contribution in [0.3, 0.4) is 0 Å². The van der Waals surface area contributed by atoms with Gasteiger partial charge >= 0.3 is 23.9 Å². The van der Waals surface area contributed by atoms with Gasteiger partial charge in [-0.25, -0.2) is 18.0 Å². The van der Waals surface area contributed by atoms with E-state index in [9.17, 15) is 27.6 Å². The Balaban J connectivity index is 0. The second kappa shape index (κ2) is 21.4. The van der Waals surface area contributed by atoms with Crippen molar-refractivity contribution in [2.45, 2.75) is 51.0 Å². The molecule has 7 N–H and O–H groups in total. The summed E-state index contributed by atoms with van der Waals surface area (Å²) >= 11 is 0. The molecule has 0 fully saturated rings. The number of aliphatic hydroxyl groups is 1. The Labute approximate surface area is 253 Å².